The molecule has 0 saturated heterocycles. The summed E-state index contributed by atoms with van der Waals surface area (Å²) in [7, 11) is 1.92. The predicted octanol–water partition coefficient (Wildman–Crippen LogP) is 0.641. The number of anilines is 1. The third-order valence-electron chi connectivity index (χ3n) is 3.40. The van der Waals surface area contributed by atoms with Crippen LogP contribution in [-0.4, -0.2) is 30.6 Å². The van der Waals surface area contributed by atoms with E-state index in [0.717, 1.165) is 5.82 Å². The first-order chi connectivity index (χ1) is 11.1. The second kappa shape index (κ2) is 6.30. The Hall–Kier alpha value is -3.16. The normalized spacial score (nSPS) is 10.7. The minimum Gasteiger partial charge on any atom is -0.399 e. The molecule has 0 radical (unpaired) electrons. The molecule has 8 heteroatoms. The molecule has 23 heavy (non-hydrogen) atoms. The van der Waals surface area contributed by atoms with E-state index in [9.17, 15) is 4.79 Å². The fourth-order valence-electron chi connectivity index (χ4n) is 2.10. The number of hydrogen-bond acceptors (Lipinski definition) is 5. The van der Waals surface area contributed by atoms with Crippen molar-refractivity contribution in [2.75, 3.05) is 5.73 Å². The van der Waals surface area contributed by atoms with Crippen LogP contribution >= 0.6 is 0 Å². The van der Waals surface area contributed by atoms with E-state index in [1.54, 1.807) is 30.5 Å². The summed E-state index contributed by atoms with van der Waals surface area (Å²) >= 11 is 0. The number of benzene rings is 1. The van der Waals surface area contributed by atoms with Crippen LogP contribution in [0.3, 0.4) is 0 Å². The van der Waals surface area contributed by atoms with Crippen molar-refractivity contribution in [3.8, 4) is 0 Å². The second-order valence-electron chi connectivity index (χ2n) is 5.13. The van der Waals surface area contributed by atoms with E-state index in [-0.39, 0.29) is 12.5 Å². The van der Waals surface area contributed by atoms with Crippen LogP contribution in [0, 0.1) is 0 Å². The Morgan fingerprint density at radius 2 is 2.13 bits per heavy atom. The number of imidazole rings is 1. The molecule has 0 aliphatic rings. The van der Waals surface area contributed by atoms with Gasteiger partial charge in [-0.3, -0.25) is 9.89 Å². The number of nitrogen functional groups attached to an aromatic ring is 1. The SMILES string of the molecule is Cn1ccnc1Cc1n[nH]c(CNC(=O)c2ccc(N)cc2)n1. The van der Waals surface area contributed by atoms with Crippen molar-refractivity contribution in [2.24, 2.45) is 7.05 Å². The van der Waals surface area contributed by atoms with Crippen molar-refractivity contribution in [1.82, 2.24) is 30.0 Å². The molecule has 0 aliphatic heterocycles. The molecule has 1 aromatic carbocycles. The van der Waals surface area contributed by atoms with Gasteiger partial charge in [-0.05, 0) is 24.3 Å². The van der Waals surface area contributed by atoms with Gasteiger partial charge in [0.1, 0.15) is 11.6 Å². The molecule has 2 heterocycles. The topological polar surface area (TPSA) is 115 Å². The number of aromatic amines is 1. The van der Waals surface area contributed by atoms with E-state index in [1.165, 1.54) is 0 Å². The summed E-state index contributed by atoms with van der Waals surface area (Å²) in [6.45, 7) is 0.275. The van der Waals surface area contributed by atoms with Crippen molar-refractivity contribution >= 4 is 11.6 Å². The molecule has 118 valence electrons. The fourth-order valence-corrected chi connectivity index (χ4v) is 2.10. The summed E-state index contributed by atoms with van der Waals surface area (Å²) < 4.78 is 1.92. The zero-order valence-corrected chi connectivity index (χ0v) is 12.7. The maximum absolute atomic E-state index is 12.0. The summed E-state index contributed by atoms with van der Waals surface area (Å²) in [6, 6.07) is 6.73. The van der Waals surface area contributed by atoms with Crippen LogP contribution < -0.4 is 11.1 Å². The maximum atomic E-state index is 12.0. The average Bonchev–Trinajstić information content (AvgIpc) is 3.16. The molecule has 3 aromatic rings. The van der Waals surface area contributed by atoms with E-state index >= 15 is 0 Å². The lowest BCUT2D eigenvalue weighted by atomic mass is 10.2. The zero-order valence-electron chi connectivity index (χ0n) is 12.7. The lowest BCUT2D eigenvalue weighted by Gasteiger charge is -2.03. The molecule has 2 aromatic heterocycles. The number of aromatic nitrogens is 5. The average molecular weight is 311 g/mol. The second-order valence-corrected chi connectivity index (χ2v) is 5.13. The number of aryl methyl sites for hydroxylation is 1. The Morgan fingerprint density at radius 3 is 2.83 bits per heavy atom. The van der Waals surface area contributed by atoms with Gasteiger partial charge in [0.05, 0.1) is 13.0 Å². The van der Waals surface area contributed by atoms with Crippen molar-refractivity contribution in [1.29, 1.82) is 0 Å². The van der Waals surface area contributed by atoms with Gasteiger partial charge in [0.2, 0.25) is 0 Å². The highest BCUT2D eigenvalue weighted by molar-refractivity contribution is 5.94. The third kappa shape index (κ3) is 3.54. The Labute approximate surface area is 132 Å². The Bertz CT molecular complexity index is 803. The number of nitrogens with two attached hydrogens (primary N) is 1. The summed E-state index contributed by atoms with van der Waals surface area (Å²) in [5.74, 6) is 1.92. The summed E-state index contributed by atoms with van der Waals surface area (Å²) in [5, 5.41) is 9.74. The highest BCUT2D eigenvalue weighted by Gasteiger charge is 2.09. The van der Waals surface area contributed by atoms with Crippen LogP contribution in [0.1, 0.15) is 27.8 Å². The minimum absolute atomic E-state index is 0.188. The molecule has 8 nitrogen and oxygen atoms in total. The predicted molar refractivity (Wildman–Crippen MR) is 84.4 cm³/mol. The monoisotopic (exact) mass is 311 g/mol. The first-order valence-electron chi connectivity index (χ1n) is 7.12. The zero-order chi connectivity index (χ0) is 16.2. The molecule has 1 amide bonds. The van der Waals surface area contributed by atoms with E-state index in [4.69, 9.17) is 5.73 Å². The number of nitrogens with zero attached hydrogens (tertiary/aromatic N) is 4. The standard InChI is InChI=1S/C15H17N7O/c1-22-7-6-17-14(22)8-12-19-13(21-20-12)9-18-15(23)10-2-4-11(16)5-3-10/h2-7H,8-9,16H2,1H3,(H,18,23)(H,19,20,21). The minimum atomic E-state index is -0.188. The molecule has 0 bridgehead atoms. The van der Waals surface area contributed by atoms with E-state index in [0.29, 0.717) is 29.3 Å². The van der Waals surface area contributed by atoms with Gasteiger partial charge >= 0.3 is 0 Å². The summed E-state index contributed by atoms with van der Waals surface area (Å²) in [5.41, 5.74) is 6.77. The highest BCUT2D eigenvalue weighted by Crippen LogP contribution is 2.06. The number of carbonyl (C=O) groups is 1. The Morgan fingerprint density at radius 1 is 1.35 bits per heavy atom. The molecular formula is C15H17N7O. The van der Waals surface area contributed by atoms with Crippen LogP contribution in [0.25, 0.3) is 0 Å². The Balaban J connectivity index is 1.58. The number of H-pyrrole nitrogens is 1. The van der Waals surface area contributed by atoms with E-state index in [1.807, 2.05) is 17.8 Å². The van der Waals surface area contributed by atoms with Crippen LogP contribution in [0.2, 0.25) is 0 Å². The van der Waals surface area contributed by atoms with Crippen molar-refractivity contribution in [2.45, 2.75) is 13.0 Å². The number of amides is 1. The van der Waals surface area contributed by atoms with Crippen molar-refractivity contribution < 1.29 is 4.79 Å². The smallest absolute Gasteiger partial charge is 0.251 e. The molecule has 3 rings (SSSR count). The first-order valence-corrected chi connectivity index (χ1v) is 7.12. The molecule has 0 fully saturated rings. The van der Waals surface area contributed by atoms with Crippen LogP contribution in [-0.2, 0) is 20.0 Å². The Kier molecular flexibility index (Phi) is 4.05. The van der Waals surface area contributed by atoms with Gasteiger partial charge in [-0.15, -0.1) is 0 Å². The molecular weight excluding hydrogens is 294 g/mol. The third-order valence-corrected chi connectivity index (χ3v) is 3.40. The number of nitrogens with one attached hydrogen (secondary N) is 2. The van der Waals surface area contributed by atoms with Gasteiger partial charge in [0.15, 0.2) is 5.82 Å². The van der Waals surface area contributed by atoms with Gasteiger partial charge in [-0.1, -0.05) is 0 Å². The first kappa shape index (κ1) is 14.8. The quantitative estimate of drug-likeness (QED) is 0.598. The molecule has 4 N–H and O–H groups in total. The maximum Gasteiger partial charge on any atom is 0.251 e. The summed E-state index contributed by atoms with van der Waals surface area (Å²) in [6.07, 6.45) is 4.14. The van der Waals surface area contributed by atoms with Crippen molar-refractivity contribution in [3.63, 3.8) is 0 Å². The molecule has 0 spiro atoms. The molecule has 0 unspecified atom stereocenters. The van der Waals surface area contributed by atoms with Gasteiger partial charge in [0.25, 0.3) is 5.91 Å². The van der Waals surface area contributed by atoms with Crippen LogP contribution in [0.15, 0.2) is 36.7 Å². The van der Waals surface area contributed by atoms with E-state index < -0.39 is 0 Å². The van der Waals surface area contributed by atoms with Crippen molar-refractivity contribution in [3.05, 3.63) is 59.7 Å². The molecule has 0 saturated carbocycles. The largest absolute Gasteiger partial charge is 0.399 e. The number of hydrogen-bond donors (Lipinski definition) is 3. The van der Waals surface area contributed by atoms with Gasteiger partial charge < -0.3 is 15.6 Å². The molecule has 0 atom stereocenters. The van der Waals surface area contributed by atoms with Crippen LogP contribution in [0.4, 0.5) is 5.69 Å². The number of carbonyl (C=O) groups excluding carboxylic acids is 1. The number of rotatable bonds is 5. The molecule has 0 aliphatic carbocycles. The van der Waals surface area contributed by atoms with Gasteiger partial charge in [-0.2, -0.15) is 5.10 Å². The lowest BCUT2D eigenvalue weighted by Crippen LogP contribution is -2.23. The lowest BCUT2D eigenvalue weighted by molar-refractivity contribution is 0.0950. The van der Waals surface area contributed by atoms with Gasteiger partial charge in [0, 0.05) is 30.7 Å². The van der Waals surface area contributed by atoms with Crippen LogP contribution in [0.5, 0.6) is 0 Å². The summed E-state index contributed by atoms with van der Waals surface area (Å²) in [4.78, 5) is 20.6. The van der Waals surface area contributed by atoms with Gasteiger partial charge in [-0.25, -0.2) is 9.97 Å². The highest BCUT2D eigenvalue weighted by atomic mass is 16.1. The van der Waals surface area contributed by atoms with E-state index in [2.05, 4.69) is 25.5 Å². The fraction of sp³-hybridized carbons (Fsp3) is 0.200.